The molecule has 1 amide bonds. The maximum absolute atomic E-state index is 13.3. The molecule has 0 fully saturated rings. The Morgan fingerprint density at radius 1 is 1.30 bits per heavy atom. The third-order valence-corrected chi connectivity index (χ3v) is 3.30. The van der Waals surface area contributed by atoms with Crippen LogP contribution >= 0.6 is 0 Å². The SMILES string of the molecule is CO[C@@H](CNC(=O)c1cc(F)ccc1[N+](=O)[O-])c1ccccc1. The van der Waals surface area contributed by atoms with Gasteiger partial charge in [0.2, 0.25) is 0 Å². The Labute approximate surface area is 132 Å². The molecule has 0 saturated heterocycles. The van der Waals surface area contributed by atoms with Gasteiger partial charge in [-0.3, -0.25) is 14.9 Å². The molecule has 0 heterocycles. The second-order valence-electron chi connectivity index (χ2n) is 4.76. The average Bonchev–Trinajstić information content (AvgIpc) is 2.55. The van der Waals surface area contributed by atoms with Crippen LogP contribution in [0, 0.1) is 15.9 Å². The van der Waals surface area contributed by atoms with Crippen molar-refractivity contribution in [2.45, 2.75) is 6.10 Å². The van der Waals surface area contributed by atoms with Gasteiger partial charge in [0.25, 0.3) is 11.6 Å². The highest BCUT2D eigenvalue weighted by Gasteiger charge is 2.22. The van der Waals surface area contributed by atoms with E-state index in [4.69, 9.17) is 4.74 Å². The minimum Gasteiger partial charge on any atom is -0.375 e. The summed E-state index contributed by atoms with van der Waals surface area (Å²) in [5.41, 5.74) is 0.0829. The van der Waals surface area contributed by atoms with Gasteiger partial charge in [0.1, 0.15) is 11.4 Å². The molecule has 0 aromatic heterocycles. The lowest BCUT2D eigenvalue weighted by atomic mass is 10.1. The fourth-order valence-corrected chi connectivity index (χ4v) is 2.13. The first-order valence-electron chi connectivity index (χ1n) is 6.83. The van der Waals surface area contributed by atoms with Crippen LogP contribution in [0.3, 0.4) is 0 Å². The average molecular weight is 318 g/mol. The largest absolute Gasteiger partial charge is 0.375 e. The minimum absolute atomic E-state index is 0.104. The molecular weight excluding hydrogens is 303 g/mol. The number of nitro benzene ring substituents is 1. The third kappa shape index (κ3) is 4.10. The number of hydrogen-bond acceptors (Lipinski definition) is 4. The Morgan fingerprint density at radius 2 is 2.00 bits per heavy atom. The number of carbonyl (C=O) groups is 1. The number of carbonyl (C=O) groups excluding carboxylic acids is 1. The molecule has 7 heteroatoms. The molecule has 0 aliphatic heterocycles. The molecule has 0 unspecified atom stereocenters. The molecule has 6 nitrogen and oxygen atoms in total. The van der Waals surface area contributed by atoms with Crippen LogP contribution in [0.2, 0.25) is 0 Å². The van der Waals surface area contributed by atoms with Crippen molar-refractivity contribution in [3.8, 4) is 0 Å². The van der Waals surface area contributed by atoms with Crippen LogP contribution < -0.4 is 5.32 Å². The highest BCUT2D eigenvalue weighted by molar-refractivity contribution is 5.98. The molecule has 0 aliphatic rings. The number of ether oxygens (including phenoxy) is 1. The van der Waals surface area contributed by atoms with Crippen molar-refractivity contribution in [2.24, 2.45) is 0 Å². The maximum Gasteiger partial charge on any atom is 0.282 e. The van der Waals surface area contributed by atoms with Gasteiger partial charge < -0.3 is 10.1 Å². The summed E-state index contributed by atoms with van der Waals surface area (Å²) in [7, 11) is 1.49. The summed E-state index contributed by atoms with van der Waals surface area (Å²) in [6, 6.07) is 12.0. The number of nitro groups is 1. The summed E-state index contributed by atoms with van der Waals surface area (Å²) in [4.78, 5) is 22.3. The summed E-state index contributed by atoms with van der Waals surface area (Å²) < 4.78 is 18.6. The maximum atomic E-state index is 13.3. The normalized spacial score (nSPS) is 11.7. The standard InChI is InChI=1S/C16H15FN2O4/c1-23-15(11-5-3-2-4-6-11)10-18-16(20)13-9-12(17)7-8-14(13)19(21)22/h2-9,15H,10H2,1H3,(H,18,20)/t15-/m0/s1. The first-order valence-corrected chi connectivity index (χ1v) is 6.83. The van der Waals surface area contributed by atoms with Gasteiger partial charge in [0.05, 0.1) is 11.0 Å². The van der Waals surface area contributed by atoms with Gasteiger partial charge in [-0.25, -0.2) is 4.39 Å². The third-order valence-electron chi connectivity index (χ3n) is 3.30. The van der Waals surface area contributed by atoms with Crippen LogP contribution in [-0.2, 0) is 4.74 Å². The first-order chi connectivity index (χ1) is 11.0. The zero-order chi connectivity index (χ0) is 16.8. The van der Waals surface area contributed by atoms with Crippen LogP contribution in [0.5, 0.6) is 0 Å². The van der Waals surface area contributed by atoms with E-state index < -0.39 is 28.4 Å². The number of rotatable bonds is 6. The van der Waals surface area contributed by atoms with Gasteiger partial charge in [0.15, 0.2) is 0 Å². The smallest absolute Gasteiger partial charge is 0.282 e. The van der Waals surface area contributed by atoms with Crippen LogP contribution in [-0.4, -0.2) is 24.5 Å². The van der Waals surface area contributed by atoms with E-state index in [9.17, 15) is 19.3 Å². The van der Waals surface area contributed by atoms with E-state index in [0.717, 1.165) is 23.8 Å². The van der Waals surface area contributed by atoms with Crippen molar-refractivity contribution >= 4 is 11.6 Å². The van der Waals surface area contributed by atoms with E-state index in [2.05, 4.69) is 5.32 Å². The van der Waals surface area contributed by atoms with E-state index in [1.165, 1.54) is 7.11 Å². The number of hydrogen-bond donors (Lipinski definition) is 1. The van der Waals surface area contributed by atoms with Gasteiger partial charge in [-0.05, 0) is 17.7 Å². The van der Waals surface area contributed by atoms with E-state index in [1.807, 2.05) is 30.3 Å². The molecule has 2 aromatic rings. The Balaban J connectivity index is 2.13. The highest BCUT2D eigenvalue weighted by atomic mass is 19.1. The summed E-state index contributed by atoms with van der Waals surface area (Å²) in [6.45, 7) is 0.104. The predicted octanol–water partition coefficient (Wildman–Crippen LogP) is 2.85. The second kappa shape index (κ2) is 7.46. The molecule has 0 saturated carbocycles. The molecule has 1 atom stereocenters. The Kier molecular flexibility index (Phi) is 5.37. The van der Waals surface area contributed by atoms with Crippen molar-refractivity contribution < 1.29 is 18.8 Å². The van der Waals surface area contributed by atoms with Crippen LogP contribution in [0.25, 0.3) is 0 Å². The molecule has 0 bridgehead atoms. The van der Waals surface area contributed by atoms with E-state index >= 15 is 0 Å². The van der Waals surface area contributed by atoms with Crippen molar-refractivity contribution in [3.05, 3.63) is 75.6 Å². The number of nitrogens with zero attached hydrogens (tertiary/aromatic N) is 1. The lowest BCUT2D eigenvalue weighted by Gasteiger charge is -2.16. The summed E-state index contributed by atoms with van der Waals surface area (Å²) >= 11 is 0. The molecule has 120 valence electrons. The van der Waals surface area contributed by atoms with Gasteiger partial charge in [-0.15, -0.1) is 0 Å². The van der Waals surface area contributed by atoms with Crippen molar-refractivity contribution in [1.29, 1.82) is 0 Å². The molecule has 0 radical (unpaired) electrons. The fraction of sp³-hybridized carbons (Fsp3) is 0.188. The van der Waals surface area contributed by atoms with Crippen molar-refractivity contribution in [1.82, 2.24) is 5.32 Å². The lowest BCUT2D eigenvalue weighted by Crippen LogP contribution is -2.29. The summed E-state index contributed by atoms with van der Waals surface area (Å²) in [5.74, 6) is -1.44. The van der Waals surface area contributed by atoms with Gasteiger partial charge >= 0.3 is 0 Å². The summed E-state index contributed by atoms with van der Waals surface area (Å²) in [6.07, 6.45) is -0.409. The van der Waals surface area contributed by atoms with E-state index in [1.54, 1.807) is 0 Å². The Morgan fingerprint density at radius 3 is 2.61 bits per heavy atom. The van der Waals surface area contributed by atoms with Gasteiger partial charge in [-0.1, -0.05) is 30.3 Å². The predicted molar refractivity (Wildman–Crippen MR) is 81.6 cm³/mol. The zero-order valence-electron chi connectivity index (χ0n) is 12.4. The van der Waals surface area contributed by atoms with Gasteiger partial charge in [0, 0.05) is 19.7 Å². The minimum atomic E-state index is -0.728. The quantitative estimate of drug-likeness (QED) is 0.656. The number of methoxy groups -OCH3 is 1. The van der Waals surface area contributed by atoms with Crippen molar-refractivity contribution in [3.63, 3.8) is 0 Å². The monoisotopic (exact) mass is 318 g/mol. The number of benzene rings is 2. The van der Waals surface area contributed by atoms with Crippen LogP contribution in [0.4, 0.5) is 10.1 Å². The lowest BCUT2D eigenvalue weighted by molar-refractivity contribution is -0.385. The molecule has 23 heavy (non-hydrogen) atoms. The topological polar surface area (TPSA) is 81.5 Å². The molecule has 0 spiro atoms. The molecule has 0 aliphatic carbocycles. The Hall–Kier alpha value is -2.80. The molecule has 1 N–H and O–H groups in total. The second-order valence-corrected chi connectivity index (χ2v) is 4.76. The molecule has 2 aromatic carbocycles. The summed E-state index contributed by atoms with van der Waals surface area (Å²) in [5, 5.41) is 13.5. The number of nitrogens with one attached hydrogen (secondary N) is 1. The Bertz CT molecular complexity index is 706. The number of halogens is 1. The number of amides is 1. The van der Waals surface area contributed by atoms with Crippen molar-refractivity contribution in [2.75, 3.05) is 13.7 Å². The van der Waals surface area contributed by atoms with E-state index in [-0.39, 0.29) is 12.1 Å². The van der Waals surface area contributed by atoms with Crippen LogP contribution in [0.15, 0.2) is 48.5 Å². The molecule has 2 rings (SSSR count). The van der Waals surface area contributed by atoms with Crippen LogP contribution in [0.1, 0.15) is 22.0 Å². The zero-order valence-corrected chi connectivity index (χ0v) is 12.4. The molecular formula is C16H15FN2O4. The fourth-order valence-electron chi connectivity index (χ4n) is 2.13. The van der Waals surface area contributed by atoms with Gasteiger partial charge in [-0.2, -0.15) is 0 Å². The first kappa shape index (κ1) is 16.6. The van der Waals surface area contributed by atoms with E-state index in [0.29, 0.717) is 0 Å². The highest BCUT2D eigenvalue weighted by Crippen LogP contribution is 2.20.